The van der Waals surface area contributed by atoms with Crippen LogP contribution in [0.4, 0.5) is 5.69 Å². The van der Waals surface area contributed by atoms with Crippen LogP contribution in [-0.2, 0) is 4.74 Å². The number of aryl methyl sites for hydroxylation is 1. The minimum Gasteiger partial charge on any atom is -0.378 e. The maximum Gasteiger partial charge on any atom is 0.0642 e. The zero-order valence-corrected chi connectivity index (χ0v) is 10.3. The van der Waals surface area contributed by atoms with Gasteiger partial charge in [-0.05, 0) is 31.5 Å². The minimum atomic E-state index is 0.855. The standard InChI is InChI=1S/C11H15NO.C3H6/c1-10-3-2-4-11(9-10)12-5-7-13-8-6-12;1-3-2/h2-4,9H,5-8H2,1H3;3H,1H2,2H3. The molecule has 0 N–H and O–H groups in total. The van der Waals surface area contributed by atoms with Gasteiger partial charge in [-0.15, -0.1) is 6.58 Å². The molecule has 1 heterocycles. The van der Waals surface area contributed by atoms with Crippen molar-refractivity contribution < 1.29 is 4.74 Å². The Labute approximate surface area is 98.5 Å². The van der Waals surface area contributed by atoms with Crippen molar-refractivity contribution in [1.29, 1.82) is 0 Å². The average Bonchev–Trinajstić information content (AvgIpc) is 2.31. The van der Waals surface area contributed by atoms with Crippen LogP contribution in [0.1, 0.15) is 12.5 Å². The fourth-order valence-corrected chi connectivity index (χ4v) is 1.65. The Bertz CT molecular complexity index is 316. The van der Waals surface area contributed by atoms with E-state index in [1.807, 2.05) is 6.92 Å². The molecule has 1 fully saturated rings. The lowest BCUT2D eigenvalue weighted by atomic mass is 10.2. The van der Waals surface area contributed by atoms with Crippen molar-refractivity contribution >= 4 is 5.69 Å². The fourth-order valence-electron chi connectivity index (χ4n) is 1.65. The third-order valence-electron chi connectivity index (χ3n) is 2.38. The maximum absolute atomic E-state index is 5.31. The Morgan fingerprint density at radius 1 is 1.31 bits per heavy atom. The van der Waals surface area contributed by atoms with E-state index in [1.54, 1.807) is 6.08 Å². The Hall–Kier alpha value is -1.28. The first-order valence-electron chi connectivity index (χ1n) is 5.74. The summed E-state index contributed by atoms with van der Waals surface area (Å²) in [5.41, 5.74) is 2.65. The molecule has 2 rings (SSSR count). The zero-order valence-electron chi connectivity index (χ0n) is 10.3. The summed E-state index contributed by atoms with van der Waals surface area (Å²) >= 11 is 0. The van der Waals surface area contributed by atoms with Crippen molar-refractivity contribution in [3.05, 3.63) is 42.5 Å². The van der Waals surface area contributed by atoms with Crippen molar-refractivity contribution in [2.75, 3.05) is 31.2 Å². The van der Waals surface area contributed by atoms with Crippen LogP contribution in [0.15, 0.2) is 36.9 Å². The van der Waals surface area contributed by atoms with Crippen LogP contribution in [0.3, 0.4) is 0 Å². The molecule has 0 aromatic heterocycles. The molecule has 2 nitrogen and oxygen atoms in total. The summed E-state index contributed by atoms with van der Waals surface area (Å²) in [7, 11) is 0. The molecule has 88 valence electrons. The fraction of sp³-hybridized carbons (Fsp3) is 0.429. The van der Waals surface area contributed by atoms with Gasteiger partial charge in [0.1, 0.15) is 0 Å². The van der Waals surface area contributed by atoms with E-state index in [-0.39, 0.29) is 0 Å². The molecule has 1 aliphatic heterocycles. The largest absolute Gasteiger partial charge is 0.378 e. The molecule has 0 bridgehead atoms. The van der Waals surface area contributed by atoms with Crippen LogP contribution >= 0.6 is 0 Å². The molecule has 1 aliphatic rings. The lowest BCUT2D eigenvalue weighted by molar-refractivity contribution is 0.122. The molecule has 16 heavy (non-hydrogen) atoms. The lowest BCUT2D eigenvalue weighted by Crippen LogP contribution is -2.36. The van der Waals surface area contributed by atoms with Gasteiger partial charge in [0.25, 0.3) is 0 Å². The normalized spacial score (nSPS) is 15.0. The molecule has 0 unspecified atom stereocenters. The van der Waals surface area contributed by atoms with Gasteiger partial charge in [-0.1, -0.05) is 18.2 Å². The van der Waals surface area contributed by atoms with E-state index in [2.05, 4.69) is 42.7 Å². The second-order valence-electron chi connectivity index (χ2n) is 3.85. The summed E-state index contributed by atoms with van der Waals surface area (Å²) in [6.45, 7) is 11.1. The summed E-state index contributed by atoms with van der Waals surface area (Å²) in [4.78, 5) is 2.37. The highest BCUT2D eigenvalue weighted by Gasteiger charge is 2.10. The van der Waals surface area contributed by atoms with Crippen LogP contribution in [0.5, 0.6) is 0 Å². The molecule has 0 radical (unpaired) electrons. The first-order chi connectivity index (χ1) is 7.77. The number of benzene rings is 1. The number of nitrogens with zero attached hydrogens (tertiary/aromatic N) is 1. The number of allylic oxidation sites excluding steroid dienone is 1. The monoisotopic (exact) mass is 219 g/mol. The number of hydrogen-bond acceptors (Lipinski definition) is 2. The molecule has 0 saturated carbocycles. The number of ether oxygens (including phenoxy) is 1. The van der Waals surface area contributed by atoms with E-state index in [1.165, 1.54) is 11.3 Å². The van der Waals surface area contributed by atoms with E-state index < -0.39 is 0 Å². The van der Waals surface area contributed by atoms with Crippen molar-refractivity contribution in [2.24, 2.45) is 0 Å². The first-order valence-corrected chi connectivity index (χ1v) is 5.74. The van der Waals surface area contributed by atoms with Gasteiger partial charge in [-0.2, -0.15) is 0 Å². The summed E-state index contributed by atoms with van der Waals surface area (Å²) < 4.78 is 5.31. The summed E-state index contributed by atoms with van der Waals surface area (Å²) in [6, 6.07) is 8.63. The number of morpholine rings is 1. The quantitative estimate of drug-likeness (QED) is 0.673. The Balaban J connectivity index is 0.000000386. The highest BCUT2D eigenvalue weighted by atomic mass is 16.5. The smallest absolute Gasteiger partial charge is 0.0642 e. The number of anilines is 1. The second kappa shape index (κ2) is 7.07. The van der Waals surface area contributed by atoms with Gasteiger partial charge in [0, 0.05) is 18.8 Å². The maximum atomic E-state index is 5.31. The van der Waals surface area contributed by atoms with Crippen molar-refractivity contribution in [2.45, 2.75) is 13.8 Å². The van der Waals surface area contributed by atoms with Gasteiger partial charge in [-0.25, -0.2) is 0 Å². The molecule has 1 aromatic carbocycles. The molecule has 2 heteroatoms. The highest BCUT2D eigenvalue weighted by Crippen LogP contribution is 2.16. The van der Waals surface area contributed by atoms with Gasteiger partial charge in [0.15, 0.2) is 0 Å². The van der Waals surface area contributed by atoms with E-state index in [0.29, 0.717) is 0 Å². The predicted molar refractivity (Wildman–Crippen MR) is 70.1 cm³/mol. The molecule has 0 spiro atoms. The van der Waals surface area contributed by atoms with E-state index >= 15 is 0 Å². The average molecular weight is 219 g/mol. The van der Waals surface area contributed by atoms with E-state index in [9.17, 15) is 0 Å². The van der Waals surface area contributed by atoms with Gasteiger partial charge in [0.2, 0.25) is 0 Å². The number of hydrogen-bond donors (Lipinski definition) is 0. The molecule has 1 aromatic rings. The minimum absolute atomic E-state index is 0.855. The number of rotatable bonds is 1. The van der Waals surface area contributed by atoms with Crippen LogP contribution in [0, 0.1) is 6.92 Å². The summed E-state index contributed by atoms with van der Waals surface area (Å²) in [5, 5.41) is 0. The topological polar surface area (TPSA) is 12.5 Å². The SMILES string of the molecule is C=CC.Cc1cccc(N2CCOCC2)c1. The van der Waals surface area contributed by atoms with Crippen molar-refractivity contribution in [3.63, 3.8) is 0 Å². The molecule has 1 saturated heterocycles. The third-order valence-corrected chi connectivity index (χ3v) is 2.38. The Morgan fingerprint density at radius 3 is 2.50 bits per heavy atom. The molecular weight excluding hydrogens is 198 g/mol. The highest BCUT2D eigenvalue weighted by molar-refractivity contribution is 5.48. The van der Waals surface area contributed by atoms with Crippen LogP contribution in [0.2, 0.25) is 0 Å². The third kappa shape index (κ3) is 4.07. The van der Waals surface area contributed by atoms with Crippen molar-refractivity contribution in [1.82, 2.24) is 0 Å². The zero-order chi connectivity index (χ0) is 11.8. The van der Waals surface area contributed by atoms with Crippen molar-refractivity contribution in [3.8, 4) is 0 Å². The molecular formula is C14H21NO. The van der Waals surface area contributed by atoms with Gasteiger partial charge >= 0.3 is 0 Å². The van der Waals surface area contributed by atoms with Gasteiger partial charge < -0.3 is 9.64 Å². The summed E-state index contributed by atoms with van der Waals surface area (Å²) in [5.74, 6) is 0. The second-order valence-corrected chi connectivity index (χ2v) is 3.85. The Kier molecular flexibility index (Phi) is 5.65. The summed E-state index contributed by atoms with van der Waals surface area (Å²) in [6.07, 6.45) is 1.75. The predicted octanol–water partition coefficient (Wildman–Crippen LogP) is 3.02. The van der Waals surface area contributed by atoms with Crippen LogP contribution in [0.25, 0.3) is 0 Å². The van der Waals surface area contributed by atoms with E-state index in [4.69, 9.17) is 4.74 Å². The molecule has 0 aliphatic carbocycles. The molecule has 0 amide bonds. The van der Waals surface area contributed by atoms with Crippen LogP contribution in [-0.4, -0.2) is 26.3 Å². The Morgan fingerprint density at radius 2 is 1.94 bits per heavy atom. The molecule has 0 atom stereocenters. The van der Waals surface area contributed by atoms with Gasteiger partial charge in [0.05, 0.1) is 13.2 Å². The van der Waals surface area contributed by atoms with Crippen LogP contribution < -0.4 is 4.90 Å². The van der Waals surface area contributed by atoms with E-state index in [0.717, 1.165) is 26.3 Å². The lowest BCUT2D eigenvalue weighted by Gasteiger charge is -2.29. The first kappa shape index (κ1) is 12.8. The van der Waals surface area contributed by atoms with Gasteiger partial charge in [-0.3, -0.25) is 0 Å².